The van der Waals surface area contributed by atoms with Crippen LogP contribution in [-0.2, 0) is 16.0 Å². The van der Waals surface area contributed by atoms with Crippen molar-refractivity contribution in [3.05, 3.63) is 112 Å². The van der Waals surface area contributed by atoms with E-state index in [0.29, 0.717) is 16.8 Å². The monoisotopic (exact) mass is 483 g/mol. The van der Waals surface area contributed by atoms with Crippen molar-refractivity contribution in [1.29, 1.82) is 0 Å². The van der Waals surface area contributed by atoms with Crippen molar-refractivity contribution in [2.45, 2.75) is 19.4 Å². The van der Waals surface area contributed by atoms with Gasteiger partial charge in [-0.2, -0.15) is 0 Å². The smallest absolute Gasteiger partial charge is 0.300 e. The summed E-state index contributed by atoms with van der Waals surface area (Å²) >= 11 is 6.20. The van der Waals surface area contributed by atoms with E-state index in [4.69, 9.17) is 11.6 Å². The summed E-state index contributed by atoms with van der Waals surface area (Å²) in [7, 11) is 0. The predicted molar refractivity (Wildman–Crippen MR) is 138 cm³/mol. The second-order valence-corrected chi connectivity index (χ2v) is 8.83. The van der Waals surface area contributed by atoms with E-state index in [1.165, 1.54) is 17.0 Å². The highest BCUT2D eigenvalue weighted by Gasteiger charge is 2.47. The van der Waals surface area contributed by atoms with Gasteiger partial charge in [0.15, 0.2) is 0 Å². The molecule has 1 fully saturated rings. The van der Waals surface area contributed by atoms with E-state index in [0.717, 1.165) is 22.8 Å². The van der Waals surface area contributed by atoms with Crippen LogP contribution in [0, 0.1) is 0 Å². The Kier molecular flexibility index (Phi) is 5.79. The largest absolute Gasteiger partial charge is 0.507 e. The molecule has 2 N–H and O–H groups in total. The zero-order valence-electron chi connectivity index (χ0n) is 18.9. The zero-order chi connectivity index (χ0) is 24.7. The Balaban J connectivity index is 1.77. The molecule has 1 amide bonds. The number of carbonyl (C=O) groups is 2. The van der Waals surface area contributed by atoms with Crippen molar-refractivity contribution < 1.29 is 19.8 Å². The van der Waals surface area contributed by atoms with Crippen LogP contribution in [-0.4, -0.2) is 21.9 Å². The maximum absolute atomic E-state index is 13.4. The molecule has 1 atom stereocenters. The van der Waals surface area contributed by atoms with Gasteiger partial charge in [-0.1, -0.05) is 79.2 Å². The predicted octanol–water partition coefficient (Wildman–Crippen LogP) is 6.39. The number of phenols is 1. The van der Waals surface area contributed by atoms with Gasteiger partial charge in [0.05, 0.1) is 16.6 Å². The zero-order valence-corrected chi connectivity index (χ0v) is 19.7. The lowest BCUT2D eigenvalue weighted by Gasteiger charge is -2.26. The van der Waals surface area contributed by atoms with Gasteiger partial charge in [-0.3, -0.25) is 14.5 Å². The third kappa shape index (κ3) is 3.84. The molecule has 4 aromatic rings. The molecule has 0 spiro atoms. The minimum absolute atomic E-state index is 0.0346. The summed E-state index contributed by atoms with van der Waals surface area (Å²) in [6.07, 6.45) is 0.831. The van der Waals surface area contributed by atoms with Crippen LogP contribution in [0.15, 0.2) is 90.5 Å². The molecular weight excluding hydrogens is 462 g/mol. The number of Topliss-reactive ketones (excluding diaryl/α,β-unsaturated/α-hetero) is 1. The van der Waals surface area contributed by atoms with E-state index >= 15 is 0 Å². The summed E-state index contributed by atoms with van der Waals surface area (Å²) in [6.45, 7) is 2.03. The highest BCUT2D eigenvalue weighted by Crippen LogP contribution is 2.44. The second kappa shape index (κ2) is 8.93. The van der Waals surface area contributed by atoms with Crippen molar-refractivity contribution >= 4 is 45.5 Å². The van der Waals surface area contributed by atoms with Crippen LogP contribution in [0.2, 0.25) is 5.02 Å². The summed E-state index contributed by atoms with van der Waals surface area (Å²) in [4.78, 5) is 28.1. The fraction of sp³-hybridized carbons (Fsp3) is 0.103. The van der Waals surface area contributed by atoms with E-state index < -0.39 is 17.7 Å². The van der Waals surface area contributed by atoms with Gasteiger partial charge in [0, 0.05) is 11.3 Å². The fourth-order valence-electron chi connectivity index (χ4n) is 4.58. The van der Waals surface area contributed by atoms with Crippen LogP contribution < -0.4 is 4.90 Å². The van der Waals surface area contributed by atoms with E-state index in [1.54, 1.807) is 30.3 Å². The first kappa shape index (κ1) is 22.7. The van der Waals surface area contributed by atoms with Gasteiger partial charge < -0.3 is 10.2 Å². The lowest BCUT2D eigenvalue weighted by Crippen LogP contribution is -2.29. The molecule has 1 heterocycles. The van der Waals surface area contributed by atoms with Gasteiger partial charge >= 0.3 is 0 Å². The number of aliphatic hydroxyl groups excluding tert-OH is 1. The van der Waals surface area contributed by atoms with Crippen LogP contribution in [0.4, 0.5) is 5.69 Å². The van der Waals surface area contributed by atoms with E-state index in [1.807, 2.05) is 49.4 Å². The number of hydrogen-bond acceptors (Lipinski definition) is 4. The van der Waals surface area contributed by atoms with Gasteiger partial charge in [-0.15, -0.1) is 0 Å². The van der Waals surface area contributed by atoms with Crippen LogP contribution >= 0.6 is 11.6 Å². The maximum Gasteiger partial charge on any atom is 0.300 e. The summed E-state index contributed by atoms with van der Waals surface area (Å²) in [5.74, 6) is -1.91. The Morgan fingerprint density at radius 1 is 0.943 bits per heavy atom. The van der Waals surface area contributed by atoms with Crippen LogP contribution in [0.5, 0.6) is 5.75 Å². The lowest BCUT2D eigenvalue weighted by atomic mass is 9.93. The second-order valence-electron chi connectivity index (χ2n) is 8.43. The molecule has 1 aliphatic heterocycles. The number of aliphatic hydroxyl groups is 1. The number of fused-ring (bicyclic) bond motifs is 1. The number of amides is 1. The Bertz CT molecular complexity index is 1500. The molecule has 5 rings (SSSR count). The number of aryl methyl sites for hydroxylation is 1. The van der Waals surface area contributed by atoms with Crippen molar-refractivity contribution in [3.63, 3.8) is 0 Å². The standard InChI is InChI=1S/C29H22ClNO4/c1-2-17-10-13-20(14-11-17)31-26(19-12-15-24(32)23(30)16-19)25(28(34)29(31)35)27(33)22-9-5-7-18-6-3-4-8-21(18)22/h3-16,26,32-33H,2H2,1H3/b27-25-. The summed E-state index contributed by atoms with van der Waals surface area (Å²) in [5.41, 5.74) is 2.53. The average Bonchev–Trinajstić information content (AvgIpc) is 3.15. The molecule has 0 radical (unpaired) electrons. The molecule has 174 valence electrons. The Hall–Kier alpha value is -4.09. The number of carbonyl (C=O) groups excluding carboxylic acids is 2. The number of halogens is 1. The van der Waals surface area contributed by atoms with Gasteiger partial charge in [0.25, 0.3) is 11.7 Å². The number of phenolic OH excluding ortho intramolecular Hbond substituents is 1. The maximum atomic E-state index is 13.4. The van der Waals surface area contributed by atoms with Gasteiger partial charge in [-0.05, 0) is 52.6 Å². The first-order valence-corrected chi connectivity index (χ1v) is 11.6. The average molecular weight is 484 g/mol. The highest BCUT2D eigenvalue weighted by molar-refractivity contribution is 6.52. The highest BCUT2D eigenvalue weighted by atomic mass is 35.5. The molecule has 35 heavy (non-hydrogen) atoms. The Labute approximate surface area is 207 Å². The normalized spacial score (nSPS) is 17.3. The molecule has 0 bridgehead atoms. The summed E-state index contributed by atoms with van der Waals surface area (Å²) in [5, 5.41) is 23.2. The van der Waals surface area contributed by atoms with Gasteiger partial charge in [-0.25, -0.2) is 0 Å². The molecule has 1 aliphatic rings. The van der Waals surface area contributed by atoms with Crippen molar-refractivity contribution in [3.8, 4) is 5.75 Å². The SMILES string of the molecule is CCc1ccc(N2C(=O)C(=O)/C(=C(\O)c3cccc4ccccc34)C2c2ccc(O)c(Cl)c2)cc1. The van der Waals surface area contributed by atoms with Crippen LogP contribution in [0.25, 0.3) is 16.5 Å². The van der Waals surface area contributed by atoms with Crippen molar-refractivity contribution in [2.24, 2.45) is 0 Å². The van der Waals surface area contributed by atoms with E-state index in [2.05, 4.69) is 0 Å². The number of benzene rings is 4. The number of aromatic hydroxyl groups is 1. The van der Waals surface area contributed by atoms with Crippen LogP contribution in [0.1, 0.15) is 29.7 Å². The van der Waals surface area contributed by atoms with E-state index in [9.17, 15) is 19.8 Å². The van der Waals surface area contributed by atoms with Crippen molar-refractivity contribution in [1.82, 2.24) is 0 Å². The van der Waals surface area contributed by atoms with Crippen LogP contribution in [0.3, 0.4) is 0 Å². The Morgan fingerprint density at radius 2 is 1.66 bits per heavy atom. The minimum atomic E-state index is -0.931. The number of ketones is 1. The third-order valence-electron chi connectivity index (χ3n) is 6.40. The molecule has 0 saturated carbocycles. The number of hydrogen-bond donors (Lipinski definition) is 2. The molecule has 6 heteroatoms. The molecule has 0 aliphatic carbocycles. The fourth-order valence-corrected chi connectivity index (χ4v) is 4.77. The molecule has 1 unspecified atom stereocenters. The molecule has 5 nitrogen and oxygen atoms in total. The topological polar surface area (TPSA) is 77.8 Å². The molecular formula is C29H22ClNO4. The van der Waals surface area contributed by atoms with E-state index in [-0.39, 0.29) is 22.1 Å². The van der Waals surface area contributed by atoms with Gasteiger partial charge in [0.2, 0.25) is 0 Å². The first-order chi connectivity index (χ1) is 16.9. The quantitative estimate of drug-likeness (QED) is 0.200. The lowest BCUT2D eigenvalue weighted by molar-refractivity contribution is -0.132. The Morgan fingerprint density at radius 3 is 2.37 bits per heavy atom. The van der Waals surface area contributed by atoms with Gasteiger partial charge in [0.1, 0.15) is 11.5 Å². The van der Waals surface area contributed by atoms with Crippen molar-refractivity contribution in [2.75, 3.05) is 4.90 Å². The number of anilines is 1. The molecule has 1 saturated heterocycles. The number of rotatable bonds is 4. The third-order valence-corrected chi connectivity index (χ3v) is 6.70. The number of nitrogens with zero attached hydrogens (tertiary/aromatic N) is 1. The molecule has 0 aromatic heterocycles. The first-order valence-electron chi connectivity index (χ1n) is 11.3. The summed E-state index contributed by atoms with van der Waals surface area (Å²) in [6, 6.07) is 23.9. The summed E-state index contributed by atoms with van der Waals surface area (Å²) < 4.78 is 0. The molecule has 4 aromatic carbocycles. The minimum Gasteiger partial charge on any atom is -0.507 e.